The minimum Gasteiger partial charge on any atom is -0.494 e. The van der Waals surface area contributed by atoms with Gasteiger partial charge in [0.05, 0.1) is 13.0 Å². The minimum absolute atomic E-state index is 0.0537. The molecule has 0 saturated carbocycles. The summed E-state index contributed by atoms with van der Waals surface area (Å²) in [6.45, 7) is 2.76. The van der Waals surface area contributed by atoms with Gasteiger partial charge in [0, 0.05) is 11.4 Å². The van der Waals surface area contributed by atoms with Crippen molar-refractivity contribution in [2.45, 2.75) is 19.8 Å². The van der Waals surface area contributed by atoms with E-state index in [9.17, 15) is 4.79 Å². The number of nitrogens with one attached hydrogen (secondary N) is 1. The first-order chi connectivity index (χ1) is 10.2. The second kappa shape index (κ2) is 7.33. The number of ether oxygens (including phenoxy) is 1. The van der Waals surface area contributed by atoms with Crippen LogP contribution in [0.15, 0.2) is 48.5 Å². The number of carbonyl (C=O) groups excluding carboxylic acids is 1. The molecule has 2 aromatic rings. The number of benzene rings is 2. The van der Waals surface area contributed by atoms with Crippen molar-refractivity contribution in [3.63, 3.8) is 0 Å². The summed E-state index contributed by atoms with van der Waals surface area (Å²) in [6, 6.07) is 14.7. The van der Waals surface area contributed by atoms with Crippen LogP contribution in [0.4, 0.5) is 11.4 Å². The van der Waals surface area contributed by atoms with Gasteiger partial charge in [0.2, 0.25) is 5.91 Å². The molecule has 2 aromatic carbocycles. The molecule has 21 heavy (non-hydrogen) atoms. The third-order valence-corrected chi connectivity index (χ3v) is 2.96. The van der Waals surface area contributed by atoms with E-state index in [4.69, 9.17) is 10.5 Å². The van der Waals surface area contributed by atoms with Crippen LogP contribution >= 0.6 is 0 Å². The molecule has 4 nitrogen and oxygen atoms in total. The molecule has 0 heterocycles. The van der Waals surface area contributed by atoms with Gasteiger partial charge in [0.1, 0.15) is 5.75 Å². The summed E-state index contributed by atoms with van der Waals surface area (Å²) < 4.78 is 5.50. The molecular formula is C17H20N2O2. The summed E-state index contributed by atoms with van der Waals surface area (Å²) >= 11 is 0. The zero-order valence-corrected chi connectivity index (χ0v) is 12.1. The molecular weight excluding hydrogens is 264 g/mol. The van der Waals surface area contributed by atoms with E-state index in [1.165, 1.54) is 0 Å². The first-order valence-corrected chi connectivity index (χ1v) is 7.04. The highest BCUT2D eigenvalue weighted by Crippen LogP contribution is 2.16. The van der Waals surface area contributed by atoms with E-state index in [-0.39, 0.29) is 5.91 Å². The van der Waals surface area contributed by atoms with E-state index in [1.54, 1.807) is 12.1 Å². The molecule has 110 valence electrons. The fourth-order valence-electron chi connectivity index (χ4n) is 1.88. The van der Waals surface area contributed by atoms with Crippen molar-refractivity contribution in [1.29, 1.82) is 0 Å². The number of anilines is 2. The normalized spacial score (nSPS) is 10.1. The molecule has 1 amide bonds. The van der Waals surface area contributed by atoms with E-state index < -0.39 is 0 Å². The molecule has 0 bridgehead atoms. The lowest BCUT2D eigenvalue weighted by Gasteiger charge is -2.08. The Bertz CT molecular complexity index is 577. The van der Waals surface area contributed by atoms with Gasteiger partial charge in [-0.2, -0.15) is 0 Å². The SMILES string of the molecule is CCCOc1ccc(NC(=O)Cc2ccc(N)cc2)cc1. The lowest BCUT2D eigenvalue weighted by molar-refractivity contribution is -0.115. The van der Waals surface area contributed by atoms with Crippen molar-refractivity contribution >= 4 is 17.3 Å². The van der Waals surface area contributed by atoms with Gasteiger partial charge < -0.3 is 15.8 Å². The molecule has 2 rings (SSSR count). The van der Waals surface area contributed by atoms with Crippen molar-refractivity contribution in [2.24, 2.45) is 0 Å². The summed E-state index contributed by atoms with van der Waals surface area (Å²) in [5, 5.41) is 2.86. The van der Waals surface area contributed by atoms with Crippen LogP contribution in [0.3, 0.4) is 0 Å². The monoisotopic (exact) mass is 284 g/mol. The van der Waals surface area contributed by atoms with Crippen LogP contribution in [0.25, 0.3) is 0 Å². The molecule has 0 fully saturated rings. The smallest absolute Gasteiger partial charge is 0.228 e. The Hall–Kier alpha value is -2.49. The van der Waals surface area contributed by atoms with Crippen LogP contribution < -0.4 is 15.8 Å². The molecule has 0 aromatic heterocycles. The van der Waals surface area contributed by atoms with Crippen LogP contribution in [0.2, 0.25) is 0 Å². The van der Waals surface area contributed by atoms with E-state index in [2.05, 4.69) is 12.2 Å². The lowest BCUT2D eigenvalue weighted by atomic mass is 10.1. The van der Waals surface area contributed by atoms with E-state index in [1.807, 2.05) is 36.4 Å². The second-order valence-electron chi connectivity index (χ2n) is 4.84. The first kappa shape index (κ1) is 14.9. The standard InChI is InChI=1S/C17H20N2O2/c1-2-11-21-16-9-7-15(8-10-16)19-17(20)12-13-3-5-14(18)6-4-13/h3-10H,2,11-12,18H2,1H3,(H,19,20). The number of hydrogen-bond acceptors (Lipinski definition) is 3. The van der Waals surface area contributed by atoms with Gasteiger partial charge in [-0.25, -0.2) is 0 Å². The molecule has 0 radical (unpaired) electrons. The second-order valence-corrected chi connectivity index (χ2v) is 4.84. The number of rotatable bonds is 6. The van der Waals surface area contributed by atoms with Gasteiger partial charge in [-0.15, -0.1) is 0 Å². The van der Waals surface area contributed by atoms with Crippen molar-refractivity contribution in [3.05, 3.63) is 54.1 Å². The highest BCUT2D eigenvalue weighted by atomic mass is 16.5. The fraction of sp³-hybridized carbons (Fsp3) is 0.235. The van der Waals surface area contributed by atoms with Crippen LogP contribution in [0, 0.1) is 0 Å². The highest BCUT2D eigenvalue weighted by Gasteiger charge is 2.04. The van der Waals surface area contributed by atoms with Crippen molar-refractivity contribution in [1.82, 2.24) is 0 Å². The number of carbonyl (C=O) groups is 1. The van der Waals surface area contributed by atoms with Crippen LogP contribution in [0.5, 0.6) is 5.75 Å². The van der Waals surface area contributed by atoms with Gasteiger partial charge in [-0.05, 0) is 48.4 Å². The number of nitrogens with two attached hydrogens (primary N) is 1. The molecule has 0 aliphatic rings. The minimum atomic E-state index is -0.0537. The average Bonchev–Trinajstić information content (AvgIpc) is 2.49. The van der Waals surface area contributed by atoms with Gasteiger partial charge in [-0.3, -0.25) is 4.79 Å². The number of amides is 1. The largest absolute Gasteiger partial charge is 0.494 e. The zero-order chi connectivity index (χ0) is 15.1. The maximum atomic E-state index is 12.0. The molecule has 0 saturated heterocycles. The van der Waals surface area contributed by atoms with E-state index >= 15 is 0 Å². The molecule has 0 aliphatic carbocycles. The average molecular weight is 284 g/mol. The predicted octanol–water partition coefficient (Wildman–Crippen LogP) is 3.24. The Kier molecular flexibility index (Phi) is 5.21. The van der Waals surface area contributed by atoms with Crippen molar-refractivity contribution in [3.8, 4) is 5.75 Å². The van der Waals surface area contributed by atoms with Crippen molar-refractivity contribution < 1.29 is 9.53 Å². The topological polar surface area (TPSA) is 64.3 Å². The Morgan fingerprint density at radius 2 is 1.76 bits per heavy atom. The summed E-state index contributed by atoms with van der Waals surface area (Å²) in [4.78, 5) is 12.0. The predicted molar refractivity (Wildman–Crippen MR) is 85.4 cm³/mol. The van der Waals surface area contributed by atoms with Crippen molar-refractivity contribution in [2.75, 3.05) is 17.7 Å². The molecule has 0 atom stereocenters. The molecule has 0 aliphatic heterocycles. The van der Waals surface area contributed by atoms with Crippen LogP contribution in [-0.4, -0.2) is 12.5 Å². The molecule has 0 spiro atoms. The first-order valence-electron chi connectivity index (χ1n) is 7.04. The van der Waals surface area contributed by atoms with Gasteiger partial charge >= 0.3 is 0 Å². The third-order valence-electron chi connectivity index (χ3n) is 2.96. The van der Waals surface area contributed by atoms with Crippen LogP contribution in [0.1, 0.15) is 18.9 Å². The molecule has 3 N–H and O–H groups in total. The highest BCUT2D eigenvalue weighted by molar-refractivity contribution is 5.92. The Morgan fingerprint density at radius 3 is 2.38 bits per heavy atom. The Morgan fingerprint density at radius 1 is 1.10 bits per heavy atom. The Labute approximate surface area is 124 Å². The molecule has 0 unspecified atom stereocenters. The number of nitrogen functional groups attached to an aromatic ring is 1. The Balaban J connectivity index is 1.88. The summed E-state index contributed by atoms with van der Waals surface area (Å²) in [5.41, 5.74) is 8.01. The van der Waals surface area contributed by atoms with Crippen LogP contribution in [-0.2, 0) is 11.2 Å². The third kappa shape index (κ3) is 4.84. The summed E-state index contributed by atoms with van der Waals surface area (Å²) in [6.07, 6.45) is 1.30. The van der Waals surface area contributed by atoms with Gasteiger partial charge in [0.25, 0.3) is 0 Å². The number of hydrogen-bond donors (Lipinski definition) is 2. The maximum Gasteiger partial charge on any atom is 0.228 e. The molecule has 4 heteroatoms. The lowest BCUT2D eigenvalue weighted by Crippen LogP contribution is -2.14. The van der Waals surface area contributed by atoms with E-state index in [0.717, 1.165) is 23.4 Å². The quantitative estimate of drug-likeness (QED) is 0.800. The van der Waals surface area contributed by atoms with Gasteiger partial charge in [0.15, 0.2) is 0 Å². The maximum absolute atomic E-state index is 12.0. The zero-order valence-electron chi connectivity index (χ0n) is 12.1. The van der Waals surface area contributed by atoms with E-state index in [0.29, 0.717) is 18.7 Å². The van der Waals surface area contributed by atoms with Gasteiger partial charge in [-0.1, -0.05) is 19.1 Å². The summed E-state index contributed by atoms with van der Waals surface area (Å²) in [7, 11) is 0. The fourth-order valence-corrected chi connectivity index (χ4v) is 1.88. The summed E-state index contributed by atoms with van der Waals surface area (Å²) in [5.74, 6) is 0.760.